The van der Waals surface area contributed by atoms with E-state index in [4.69, 9.17) is 0 Å². The first-order valence-electron chi connectivity index (χ1n) is 7.23. The van der Waals surface area contributed by atoms with E-state index in [2.05, 4.69) is 42.1 Å². The summed E-state index contributed by atoms with van der Waals surface area (Å²) < 4.78 is 0. The second kappa shape index (κ2) is 6.44. The third-order valence-corrected chi connectivity index (χ3v) is 5.57. The Bertz CT molecular complexity index is 232. The van der Waals surface area contributed by atoms with E-state index < -0.39 is 0 Å². The highest BCUT2D eigenvalue weighted by Crippen LogP contribution is 2.28. The minimum absolute atomic E-state index is 0.713. The van der Waals surface area contributed by atoms with Gasteiger partial charge in [-0.05, 0) is 45.9 Å². The maximum Gasteiger partial charge on any atom is 0.0210 e. The molecule has 1 aliphatic heterocycles. The molecule has 0 aromatic carbocycles. The minimum Gasteiger partial charge on any atom is -0.309 e. The van der Waals surface area contributed by atoms with Gasteiger partial charge in [0.25, 0.3) is 0 Å². The molecular weight excluding hydrogens is 228 g/mol. The third kappa shape index (κ3) is 3.62. The molecule has 2 aliphatic rings. The van der Waals surface area contributed by atoms with Gasteiger partial charge < -0.3 is 5.32 Å². The van der Waals surface area contributed by atoms with Crippen LogP contribution in [0.2, 0.25) is 0 Å². The molecule has 0 aromatic heterocycles. The second-order valence-corrected chi connectivity index (χ2v) is 6.98. The summed E-state index contributed by atoms with van der Waals surface area (Å²) in [6.45, 7) is 7.17. The number of rotatable bonds is 4. The van der Waals surface area contributed by atoms with E-state index in [1.807, 2.05) is 0 Å². The number of hydrogen-bond donors (Lipinski definition) is 1. The normalized spacial score (nSPS) is 35.6. The Kier molecular flexibility index (Phi) is 5.19. The first-order chi connectivity index (χ1) is 8.20. The molecule has 0 amide bonds. The van der Waals surface area contributed by atoms with Crippen LogP contribution in [0.15, 0.2) is 0 Å². The highest BCUT2D eigenvalue weighted by Gasteiger charge is 2.30. The van der Waals surface area contributed by atoms with Crippen molar-refractivity contribution in [3.63, 3.8) is 0 Å². The van der Waals surface area contributed by atoms with Crippen molar-refractivity contribution >= 4 is 11.8 Å². The summed E-state index contributed by atoms with van der Waals surface area (Å²) in [5, 5.41) is 4.80. The monoisotopic (exact) mass is 256 g/mol. The van der Waals surface area contributed by atoms with Crippen molar-refractivity contribution in [2.24, 2.45) is 0 Å². The van der Waals surface area contributed by atoms with Gasteiger partial charge >= 0.3 is 0 Å². The first-order valence-corrected chi connectivity index (χ1v) is 8.52. The van der Waals surface area contributed by atoms with Crippen LogP contribution in [0.3, 0.4) is 0 Å². The van der Waals surface area contributed by atoms with Gasteiger partial charge in [0.05, 0.1) is 0 Å². The fourth-order valence-electron chi connectivity index (χ4n) is 3.26. The molecule has 0 aromatic rings. The number of nitrogens with one attached hydrogen (secondary N) is 1. The molecule has 1 heterocycles. The Labute approximate surface area is 111 Å². The summed E-state index contributed by atoms with van der Waals surface area (Å²) in [5.74, 6) is 0. The van der Waals surface area contributed by atoms with Gasteiger partial charge in [-0.2, -0.15) is 11.8 Å². The summed E-state index contributed by atoms with van der Waals surface area (Å²) >= 11 is 2.07. The van der Waals surface area contributed by atoms with Gasteiger partial charge in [0, 0.05) is 29.9 Å². The Balaban J connectivity index is 1.80. The second-order valence-electron chi connectivity index (χ2n) is 5.91. The van der Waals surface area contributed by atoms with Crippen LogP contribution in [0.5, 0.6) is 0 Å². The van der Waals surface area contributed by atoms with Crippen LogP contribution in [0.25, 0.3) is 0 Å². The van der Waals surface area contributed by atoms with Gasteiger partial charge in [0.2, 0.25) is 0 Å². The Hall–Kier alpha value is 0.270. The van der Waals surface area contributed by atoms with E-state index in [0.29, 0.717) is 6.04 Å². The Morgan fingerprint density at radius 1 is 1.18 bits per heavy atom. The van der Waals surface area contributed by atoms with Gasteiger partial charge in [0.1, 0.15) is 0 Å². The highest BCUT2D eigenvalue weighted by atomic mass is 32.2. The van der Waals surface area contributed by atoms with Crippen molar-refractivity contribution in [1.82, 2.24) is 10.2 Å². The molecule has 1 N–H and O–H groups in total. The van der Waals surface area contributed by atoms with Crippen LogP contribution in [0.4, 0.5) is 0 Å². The lowest BCUT2D eigenvalue weighted by atomic mass is 9.94. The van der Waals surface area contributed by atoms with E-state index in [0.717, 1.165) is 17.3 Å². The molecular formula is C14H28N2S. The third-order valence-electron chi connectivity index (χ3n) is 4.41. The van der Waals surface area contributed by atoms with Crippen LogP contribution >= 0.6 is 11.8 Å². The predicted molar refractivity (Wildman–Crippen MR) is 77.8 cm³/mol. The van der Waals surface area contributed by atoms with Gasteiger partial charge in [-0.1, -0.05) is 12.8 Å². The van der Waals surface area contributed by atoms with E-state index in [1.165, 1.54) is 45.2 Å². The van der Waals surface area contributed by atoms with Gasteiger partial charge in [-0.25, -0.2) is 0 Å². The van der Waals surface area contributed by atoms with Crippen molar-refractivity contribution in [3.05, 3.63) is 0 Å². The van der Waals surface area contributed by atoms with Crippen LogP contribution in [0, 0.1) is 0 Å². The van der Waals surface area contributed by atoms with Crippen molar-refractivity contribution in [3.8, 4) is 0 Å². The molecule has 1 aliphatic carbocycles. The summed E-state index contributed by atoms with van der Waals surface area (Å²) in [7, 11) is 0. The molecule has 100 valence electrons. The number of likely N-dealkylation sites (tertiary alicyclic amines) is 1. The summed E-state index contributed by atoms with van der Waals surface area (Å²) in [6.07, 6.45) is 9.29. The lowest BCUT2D eigenvalue weighted by Crippen LogP contribution is -2.47. The standard InChI is InChI=1S/C14H28N2S/c1-11(2)16-9-8-12(10-16)15-13-6-4-5-7-14(13)17-3/h11-15H,4-10H2,1-3H3. The summed E-state index contributed by atoms with van der Waals surface area (Å²) in [6, 6.07) is 2.23. The number of nitrogens with zero attached hydrogens (tertiary/aromatic N) is 1. The smallest absolute Gasteiger partial charge is 0.0210 e. The topological polar surface area (TPSA) is 15.3 Å². The molecule has 17 heavy (non-hydrogen) atoms. The van der Waals surface area contributed by atoms with Crippen LogP contribution in [-0.4, -0.2) is 47.6 Å². The zero-order valence-corrected chi connectivity index (χ0v) is 12.4. The van der Waals surface area contributed by atoms with Gasteiger partial charge in [0.15, 0.2) is 0 Å². The Morgan fingerprint density at radius 3 is 2.59 bits per heavy atom. The maximum absolute atomic E-state index is 3.94. The maximum atomic E-state index is 3.94. The van der Waals surface area contributed by atoms with Crippen molar-refractivity contribution in [2.45, 2.75) is 69.3 Å². The molecule has 3 atom stereocenters. The molecule has 0 spiro atoms. The molecule has 3 heteroatoms. The average molecular weight is 256 g/mol. The van der Waals surface area contributed by atoms with Crippen molar-refractivity contribution in [1.29, 1.82) is 0 Å². The largest absolute Gasteiger partial charge is 0.309 e. The van der Waals surface area contributed by atoms with Crippen LogP contribution in [0.1, 0.15) is 46.0 Å². The van der Waals surface area contributed by atoms with Gasteiger partial charge in [-0.15, -0.1) is 0 Å². The van der Waals surface area contributed by atoms with Crippen molar-refractivity contribution in [2.75, 3.05) is 19.3 Å². The zero-order valence-electron chi connectivity index (χ0n) is 11.6. The minimum atomic E-state index is 0.713. The fraction of sp³-hybridized carbons (Fsp3) is 1.00. The quantitative estimate of drug-likeness (QED) is 0.832. The Morgan fingerprint density at radius 2 is 1.94 bits per heavy atom. The molecule has 2 nitrogen and oxygen atoms in total. The van der Waals surface area contributed by atoms with E-state index in [9.17, 15) is 0 Å². The fourth-order valence-corrected chi connectivity index (χ4v) is 4.21. The van der Waals surface area contributed by atoms with E-state index in [-0.39, 0.29) is 0 Å². The van der Waals surface area contributed by atoms with E-state index in [1.54, 1.807) is 0 Å². The first kappa shape index (κ1) is 13.7. The molecule has 0 bridgehead atoms. The average Bonchev–Trinajstić information content (AvgIpc) is 2.78. The molecule has 1 saturated carbocycles. The zero-order chi connectivity index (χ0) is 12.3. The van der Waals surface area contributed by atoms with Gasteiger partial charge in [-0.3, -0.25) is 4.90 Å². The SMILES string of the molecule is CSC1CCCCC1NC1CCN(C(C)C)C1. The molecule has 1 saturated heterocycles. The molecule has 2 rings (SSSR count). The van der Waals surface area contributed by atoms with Crippen LogP contribution < -0.4 is 5.32 Å². The van der Waals surface area contributed by atoms with E-state index >= 15 is 0 Å². The highest BCUT2D eigenvalue weighted by molar-refractivity contribution is 7.99. The summed E-state index contributed by atoms with van der Waals surface area (Å²) in [5.41, 5.74) is 0. The molecule has 2 fully saturated rings. The predicted octanol–water partition coefficient (Wildman–Crippen LogP) is 2.73. The van der Waals surface area contributed by atoms with Crippen molar-refractivity contribution < 1.29 is 0 Å². The number of hydrogen-bond acceptors (Lipinski definition) is 3. The molecule has 3 unspecified atom stereocenters. The lowest BCUT2D eigenvalue weighted by molar-refractivity contribution is 0.261. The summed E-state index contributed by atoms with van der Waals surface area (Å²) in [4.78, 5) is 2.61. The lowest BCUT2D eigenvalue weighted by Gasteiger charge is -2.33. The van der Waals surface area contributed by atoms with Crippen LogP contribution in [-0.2, 0) is 0 Å². The molecule has 0 radical (unpaired) electrons. The number of thioether (sulfide) groups is 1.